The smallest absolute Gasteiger partial charge is 0.274 e. The van der Waals surface area contributed by atoms with Crippen LogP contribution in [0.4, 0.5) is 5.82 Å². The SMILES string of the molecule is Cc1ccc2[n+](c1)C(C)(c1ccccc1)CCN2. The number of aryl methyl sites for hydroxylation is 1. The number of benzene rings is 1. The van der Waals surface area contributed by atoms with Gasteiger partial charge in [-0.15, -0.1) is 0 Å². The van der Waals surface area contributed by atoms with Crippen molar-refractivity contribution in [2.75, 3.05) is 11.9 Å². The molecular formula is C16H19N2+. The Morgan fingerprint density at radius 3 is 2.67 bits per heavy atom. The zero-order valence-electron chi connectivity index (χ0n) is 11.0. The predicted molar refractivity (Wildman–Crippen MR) is 73.7 cm³/mol. The van der Waals surface area contributed by atoms with Crippen LogP contribution in [0.15, 0.2) is 48.7 Å². The molecule has 2 nitrogen and oxygen atoms in total. The van der Waals surface area contributed by atoms with Crippen molar-refractivity contribution < 1.29 is 4.57 Å². The molecule has 18 heavy (non-hydrogen) atoms. The van der Waals surface area contributed by atoms with Gasteiger partial charge in [0.05, 0.1) is 12.7 Å². The first-order valence-electron chi connectivity index (χ1n) is 6.52. The van der Waals surface area contributed by atoms with Crippen molar-refractivity contribution in [1.82, 2.24) is 0 Å². The van der Waals surface area contributed by atoms with Crippen molar-refractivity contribution in [3.63, 3.8) is 0 Å². The summed E-state index contributed by atoms with van der Waals surface area (Å²) in [6.07, 6.45) is 3.35. The third-order valence-electron chi connectivity index (χ3n) is 3.94. The maximum Gasteiger partial charge on any atom is 0.275 e. The molecule has 1 aromatic heterocycles. The van der Waals surface area contributed by atoms with Crippen LogP contribution in [0.5, 0.6) is 0 Å². The predicted octanol–water partition coefficient (Wildman–Crippen LogP) is 2.86. The minimum atomic E-state index is 0.0495. The molecule has 2 heterocycles. The fraction of sp³-hybridized carbons (Fsp3) is 0.312. The Labute approximate surface area is 108 Å². The maximum absolute atomic E-state index is 3.48. The summed E-state index contributed by atoms with van der Waals surface area (Å²) in [6, 6.07) is 15.1. The fourth-order valence-corrected chi connectivity index (χ4v) is 2.79. The minimum Gasteiger partial charge on any atom is -0.274 e. The van der Waals surface area contributed by atoms with Crippen LogP contribution in [-0.2, 0) is 5.54 Å². The lowest BCUT2D eigenvalue weighted by molar-refractivity contribution is -0.742. The highest BCUT2D eigenvalue weighted by molar-refractivity contribution is 5.33. The van der Waals surface area contributed by atoms with Crippen molar-refractivity contribution in [2.45, 2.75) is 25.8 Å². The molecule has 0 spiro atoms. The van der Waals surface area contributed by atoms with Gasteiger partial charge >= 0.3 is 0 Å². The maximum atomic E-state index is 3.48. The lowest BCUT2D eigenvalue weighted by Crippen LogP contribution is -2.60. The van der Waals surface area contributed by atoms with Gasteiger partial charge in [-0.3, -0.25) is 5.32 Å². The molecule has 2 heteroatoms. The summed E-state index contributed by atoms with van der Waals surface area (Å²) in [6.45, 7) is 5.49. The summed E-state index contributed by atoms with van der Waals surface area (Å²) < 4.78 is 2.38. The molecule has 3 rings (SSSR count). The van der Waals surface area contributed by atoms with E-state index in [4.69, 9.17) is 0 Å². The summed E-state index contributed by atoms with van der Waals surface area (Å²) in [4.78, 5) is 0. The number of fused-ring (bicyclic) bond motifs is 1. The average molecular weight is 239 g/mol. The molecule has 0 saturated carbocycles. The van der Waals surface area contributed by atoms with E-state index in [0.717, 1.165) is 13.0 Å². The standard InChI is InChI=1S/C16H18N2/c1-13-8-9-15-17-11-10-16(2,18(15)12-13)14-6-4-3-5-7-14/h3-9,12H,10-11H2,1-2H3/p+1. The second kappa shape index (κ2) is 4.13. The van der Waals surface area contributed by atoms with Crippen molar-refractivity contribution >= 4 is 5.82 Å². The zero-order chi connectivity index (χ0) is 12.6. The van der Waals surface area contributed by atoms with Crippen molar-refractivity contribution in [1.29, 1.82) is 0 Å². The van der Waals surface area contributed by atoms with E-state index in [2.05, 4.69) is 72.4 Å². The molecule has 0 saturated heterocycles. The van der Waals surface area contributed by atoms with Crippen LogP contribution < -0.4 is 9.88 Å². The first kappa shape index (κ1) is 11.3. The van der Waals surface area contributed by atoms with Gasteiger partial charge in [-0.25, -0.2) is 4.57 Å². The topological polar surface area (TPSA) is 15.9 Å². The molecule has 1 aliphatic heterocycles. The number of anilines is 1. The van der Waals surface area contributed by atoms with Crippen LogP contribution >= 0.6 is 0 Å². The van der Waals surface area contributed by atoms with E-state index < -0.39 is 0 Å². The van der Waals surface area contributed by atoms with Gasteiger partial charge in [0, 0.05) is 12.5 Å². The molecule has 0 aliphatic carbocycles. The van der Waals surface area contributed by atoms with Gasteiger partial charge < -0.3 is 0 Å². The Morgan fingerprint density at radius 1 is 1.11 bits per heavy atom. The second-order valence-corrected chi connectivity index (χ2v) is 5.28. The highest BCUT2D eigenvalue weighted by Crippen LogP contribution is 2.28. The molecule has 1 N–H and O–H groups in total. The molecular weight excluding hydrogens is 220 g/mol. The molecule has 1 atom stereocenters. The van der Waals surface area contributed by atoms with Crippen molar-refractivity contribution in [2.24, 2.45) is 0 Å². The largest absolute Gasteiger partial charge is 0.275 e. The molecule has 0 fully saturated rings. The molecule has 0 radical (unpaired) electrons. The van der Waals surface area contributed by atoms with Crippen molar-refractivity contribution in [3.8, 4) is 0 Å². The van der Waals surface area contributed by atoms with Crippen LogP contribution in [0.25, 0.3) is 0 Å². The normalized spacial score (nSPS) is 22.1. The van der Waals surface area contributed by atoms with E-state index in [1.54, 1.807) is 0 Å². The first-order chi connectivity index (χ1) is 8.70. The van der Waals surface area contributed by atoms with Crippen LogP contribution in [0.3, 0.4) is 0 Å². The van der Waals surface area contributed by atoms with Crippen molar-refractivity contribution in [3.05, 3.63) is 59.8 Å². The number of hydrogen-bond donors (Lipinski definition) is 1. The molecule has 1 unspecified atom stereocenters. The third kappa shape index (κ3) is 1.69. The summed E-state index contributed by atoms with van der Waals surface area (Å²) >= 11 is 0. The summed E-state index contributed by atoms with van der Waals surface area (Å²) in [5.41, 5.74) is 2.72. The Bertz CT molecular complexity index is 563. The van der Waals surface area contributed by atoms with E-state index in [0.29, 0.717) is 0 Å². The van der Waals surface area contributed by atoms with E-state index >= 15 is 0 Å². The van der Waals surface area contributed by atoms with Crippen LogP contribution in [0.2, 0.25) is 0 Å². The number of pyridine rings is 1. The minimum absolute atomic E-state index is 0.0495. The number of nitrogens with one attached hydrogen (secondary N) is 1. The molecule has 0 bridgehead atoms. The monoisotopic (exact) mass is 239 g/mol. The Morgan fingerprint density at radius 2 is 1.89 bits per heavy atom. The fourth-order valence-electron chi connectivity index (χ4n) is 2.79. The van der Waals surface area contributed by atoms with Gasteiger partial charge in [-0.2, -0.15) is 0 Å². The molecule has 1 aliphatic rings. The summed E-state index contributed by atoms with van der Waals surface area (Å²) in [7, 11) is 0. The van der Waals surface area contributed by atoms with E-state index in [1.165, 1.54) is 16.9 Å². The Hall–Kier alpha value is -1.83. The first-order valence-corrected chi connectivity index (χ1v) is 6.52. The molecule has 92 valence electrons. The van der Waals surface area contributed by atoms with Gasteiger partial charge in [0.15, 0.2) is 0 Å². The summed E-state index contributed by atoms with van der Waals surface area (Å²) in [5.74, 6) is 1.21. The Kier molecular flexibility index (Phi) is 2.58. The zero-order valence-corrected chi connectivity index (χ0v) is 11.0. The Balaban J connectivity index is 2.18. The van der Waals surface area contributed by atoms with Gasteiger partial charge in [0.2, 0.25) is 0 Å². The van der Waals surface area contributed by atoms with Gasteiger partial charge in [-0.05, 0) is 31.0 Å². The lowest BCUT2D eigenvalue weighted by atomic mass is 9.86. The lowest BCUT2D eigenvalue weighted by Gasteiger charge is -2.33. The van der Waals surface area contributed by atoms with E-state index in [9.17, 15) is 0 Å². The molecule has 2 aromatic rings. The number of rotatable bonds is 1. The van der Waals surface area contributed by atoms with Gasteiger partial charge in [0.25, 0.3) is 5.82 Å². The molecule has 0 amide bonds. The highest BCUT2D eigenvalue weighted by Gasteiger charge is 2.38. The van der Waals surface area contributed by atoms with Crippen LogP contribution in [-0.4, -0.2) is 6.54 Å². The van der Waals surface area contributed by atoms with Crippen LogP contribution in [0, 0.1) is 6.92 Å². The average Bonchev–Trinajstić information content (AvgIpc) is 2.41. The van der Waals surface area contributed by atoms with Gasteiger partial charge in [-0.1, -0.05) is 30.3 Å². The molecule has 1 aromatic carbocycles. The van der Waals surface area contributed by atoms with E-state index in [-0.39, 0.29) is 5.54 Å². The highest BCUT2D eigenvalue weighted by atomic mass is 15.2. The number of nitrogens with zero attached hydrogens (tertiary/aromatic N) is 1. The summed E-state index contributed by atoms with van der Waals surface area (Å²) in [5, 5.41) is 3.48. The quantitative estimate of drug-likeness (QED) is 0.757. The second-order valence-electron chi connectivity index (χ2n) is 5.28. The third-order valence-corrected chi connectivity index (χ3v) is 3.94. The van der Waals surface area contributed by atoms with E-state index in [1.807, 2.05) is 0 Å². The van der Waals surface area contributed by atoms with Gasteiger partial charge in [0.1, 0.15) is 5.54 Å². The number of aromatic nitrogens is 1. The number of hydrogen-bond acceptors (Lipinski definition) is 1. The van der Waals surface area contributed by atoms with Crippen LogP contribution in [0.1, 0.15) is 24.5 Å².